The quantitative estimate of drug-likeness (QED) is 0.723. The lowest BCUT2D eigenvalue weighted by molar-refractivity contribution is -0.123. The van der Waals surface area contributed by atoms with E-state index in [-0.39, 0.29) is 11.9 Å². The van der Waals surface area contributed by atoms with Crippen LogP contribution in [-0.2, 0) is 4.79 Å². The zero-order valence-corrected chi connectivity index (χ0v) is 9.17. The van der Waals surface area contributed by atoms with Crippen LogP contribution >= 0.6 is 0 Å². The summed E-state index contributed by atoms with van der Waals surface area (Å²) in [5.74, 6) is 2.46. The van der Waals surface area contributed by atoms with E-state index in [1.165, 1.54) is 32.1 Å². The molecule has 3 nitrogen and oxygen atoms in total. The summed E-state index contributed by atoms with van der Waals surface area (Å²) in [7, 11) is 0. The van der Waals surface area contributed by atoms with Gasteiger partial charge in [0, 0.05) is 6.54 Å². The first kappa shape index (κ1) is 9.64. The molecule has 15 heavy (non-hydrogen) atoms. The van der Waals surface area contributed by atoms with E-state index in [0.717, 1.165) is 24.9 Å². The fourth-order valence-electron chi connectivity index (χ4n) is 3.15. The first-order valence-corrected chi connectivity index (χ1v) is 6.35. The molecule has 1 aliphatic heterocycles. The molecule has 0 aromatic rings. The van der Waals surface area contributed by atoms with Gasteiger partial charge in [-0.05, 0) is 50.0 Å². The molecule has 1 amide bonds. The Hall–Kier alpha value is -0.570. The molecular weight excluding hydrogens is 188 g/mol. The van der Waals surface area contributed by atoms with Gasteiger partial charge in [0.2, 0.25) is 5.91 Å². The first-order chi connectivity index (χ1) is 7.34. The lowest BCUT2D eigenvalue weighted by atomic mass is 9.93. The number of hydrogen-bond donors (Lipinski definition) is 2. The summed E-state index contributed by atoms with van der Waals surface area (Å²) in [6.45, 7) is 1.97. The van der Waals surface area contributed by atoms with Crippen molar-refractivity contribution in [1.82, 2.24) is 10.6 Å². The maximum Gasteiger partial charge on any atom is 0.237 e. The zero-order valence-electron chi connectivity index (χ0n) is 9.17. The summed E-state index contributed by atoms with van der Waals surface area (Å²) in [6, 6.07) is 0.122. The number of amides is 1. The molecule has 2 N–H and O–H groups in total. The molecule has 1 saturated heterocycles. The van der Waals surface area contributed by atoms with Crippen molar-refractivity contribution in [2.75, 3.05) is 13.1 Å². The van der Waals surface area contributed by atoms with Crippen LogP contribution in [0, 0.1) is 17.8 Å². The van der Waals surface area contributed by atoms with Gasteiger partial charge in [0.25, 0.3) is 0 Å². The molecule has 0 radical (unpaired) electrons. The lowest BCUT2D eigenvalue weighted by Crippen LogP contribution is -2.44. The van der Waals surface area contributed by atoms with Crippen LogP contribution in [0.1, 0.15) is 32.1 Å². The number of hydrogen-bond acceptors (Lipinski definition) is 2. The number of nitrogens with one attached hydrogen (secondary N) is 2. The van der Waals surface area contributed by atoms with Gasteiger partial charge in [-0.25, -0.2) is 0 Å². The van der Waals surface area contributed by atoms with Crippen LogP contribution in [0.3, 0.4) is 0 Å². The Labute approximate surface area is 91.0 Å². The number of fused-ring (bicyclic) bond motifs is 1. The summed E-state index contributed by atoms with van der Waals surface area (Å²) >= 11 is 0. The van der Waals surface area contributed by atoms with Crippen molar-refractivity contribution in [3.05, 3.63) is 0 Å². The van der Waals surface area contributed by atoms with E-state index in [2.05, 4.69) is 10.6 Å². The summed E-state index contributed by atoms with van der Waals surface area (Å²) < 4.78 is 0. The number of carbonyl (C=O) groups excluding carboxylic acids is 1. The van der Waals surface area contributed by atoms with Crippen LogP contribution in [-0.4, -0.2) is 25.0 Å². The Balaban J connectivity index is 1.54. The highest BCUT2D eigenvalue weighted by molar-refractivity contribution is 5.82. The van der Waals surface area contributed by atoms with Gasteiger partial charge in [0.1, 0.15) is 0 Å². The summed E-state index contributed by atoms with van der Waals surface area (Å²) in [5, 5.41) is 6.49. The molecule has 3 unspecified atom stereocenters. The van der Waals surface area contributed by atoms with E-state index in [9.17, 15) is 4.79 Å². The third-order valence-electron chi connectivity index (χ3n) is 4.29. The molecule has 0 aromatic carbocycles. The second kappa shape index (κ2) is 3.78. The summed E-state index contributed by atoms with van der Waals surface area (Å²) in [4.78, 5) is 11.9. The van der Waals surface area contributed by atoms with E-state index in [0.29, 0.717) is 5.92 Å². The Kier molecular flexibility index (Phi) is 2.43. The smallest absolute Gasteiger partial charge is 0.237 e. The van der Waals surface area contributed by atoms with Gasteiger partial charge in [-0.3, -0.25) is 4.79 Å². The fourth-order valence-corrected chi connectivity index (χ4v) is 3.15. The van der Waals surface area contributed by atoms with E-state index in [4.69, 9.17) is 0 Å². The Morgan fingerprint density at radius 2 is 2.13 bits per heavy atom. The normalized spacial score (nSPS) is 39.1. The molecule has 3 fully saturated rings. The highest BCUT2D eigenvalue weighted by atomic mass is 16.2. The van der Waals surface area contributed by atoms with Crippen molar-refractivity contribution in [2.45, 2.75) is 38.1 Å². The standard InChI is InChI=1S/C12H20N2O/c15-12(14-6-8-4-5-8)11-10-3-1-2-9(10)7-13-11/h8-11,13H,1-7H2,(H,14,15). The Morgan fingerprint density at radius 1 is 1.27 bits per heavy atom. The molecule has 3 aliphatic rings. The van der Waals surface area contributed by atoms with Crippen LogP contribution in [0.25, 0.3) is 0 Å². The number of rotatable bonds is 3. The van der Waals surface area contributed by atoms with Crippen LogP contribution in [0.2, 0.25) is 0 Å². The zero-order chi connectivity index (χ0) is 10.3. The summed E-state index contributed by atoms with van der Waals surface area (Å²) in [5.41, 5.74) is 0. The SMILES string of the molecule is O=C(NCC1CC1)C1NCC2CCCC21. The van der Waals surface area contributed by atoms with Crippen molar-refractivity contribution >= 4 is 5.91 Å². The maximum atomic E-state index is 11.9. The van der Waals surface area contributed by atoms with Crippen LogP contribution in [0.15, 0.2) is 0 Å². The van der Waals surface area contributed by atoms with Gasteiger partial charge in [0.15, 0.2) is 0 Å². The molecular formula is C12H20N2O. The molecule has 3 heteroatoms. The molecule has 2 aliphatic carbocycles. The third-order valence-corrected chi connectivity index (χ3v) is 4.29. The molecule has 0 bridgehead atoms. The van der Waals surface area contributed by atoms with Crippen molar-refractivity contribution in [2.24, 2.45) is 17.8 Å². The molecule has 84 valence electrons. The monoisotopic (exact) mass is 208 g/mol. The summed E-state index contributed by atoms with van der Waals surface area (Å²) in [6.07, 6.45) is 6.52. The second-order valence-electron chi connectivity index (χ2n) is 5.43. The molecule has 2 saturated carbocycles. The Bertz CT molecular complexity index is 262. The molecule has 3 rings (SSSR count). The largest absolute Gasteiger partial charge is 0.354 e. The average Bonchev–Trinajstić information content (AvgIpc) is 2.78. The maximum absolute atomic E-state index is 11.9. The molecule has 3 atom stereocenters. The van der Waals surface area contributed by atoms with Gasteiger partial charge in [0.05, 0.1) is 6.04 Å². The van der Waals surface area contributed by atoms with E-state index in [1.54, 1.807) is 0 Å². The predicted octanol–water partition coefficient (Wildman–Crippen LogP) is 0.901. The van der Waals surface area contributed by atoms with Crippen LogP contribution in [0.5, 0.6) is 0 Å². The number of carbonyl (C=O) groups is 1. The van der Waals surface area contributed by atoms with Crippen LogP contribution in [0.4, 0.5) is 0 Å². The fraction of sp³-hybridized carbons (Fsp3) is 0.917. The topological polar surface area (TPSA) is 41.1 Å². The van der Waals surface area contributed by atoms with Crippen molar-refractivity contribution in [1.29, 1.82) is 0 Å². The first-order valence-electron chi connectivity index (χ1n) is 6.35. The highest BCUT2D eigenvalue weighted by Crippen LogP contribution is 2.37. The highest BCUT2D eigenvalue weighted by Gasteiger charge is 2.42. The second-order valence-corrected chi connectivity index (χ2v) is 5.43. The van der Waals surface area contributed by atoms with E-state index in [1.807, 2.05) is 0 Å². The van der Waals surface area contributed by atoms with Gasteiger partial charge in [-0.2, -0.15) is 0 Å². The minimum Gasteiger partial charge on any atom is -0.354 e. The van der Waals surface area contributed by atoms with Gasteiger partial charge in [-0.1, -0.05) is 6.42 Å². The average molecular weight is 208 g/mol. The molecule has 0 spiro atoms. The molecule has 0 aromatic heterocycles. The lowest BCUT2D eigenvalue weighted by Gasteiger charge is -2.17. The van der Waals surface area contributed by atoms with E-state index < -0.39 is 0 Å². The van der Waals surface area contributed by atoms with Gasteiger partial charge < -0.3 is 10.6 Å². The van der Waals surface area contributed by atoms with Gasteiger partial charge in [-0.15, -0.1) is 0 Å². The molecule has 1 heterocycles. The minimum absolute atomic E-state index is 0.122. The van der Waals surface area contributed by atoms with Crippen molar-refractivity contribution in [3.63, 3.8) is 0 Å². The van der Waals surface area contributed by atoms with Crippen LogP contribution < -0.4 is 10.6 Å². The van der Waals surface area contributed by atoms with Gasteiger partial charge >= 0.3 is 0 Å². The predicted molar refractivity (Wildman–Crippen MR) is 58.4 cm³/mol. The Morgan fingerprint density at radius 3 is 2.93 bits per heavy atom. The third kappa shape index (κ3) is 1.89. The van der Waals surface area contributed by atoms with E-state index >= 15 is 0 Å². The minimum atomic E-state index is 0.122. The van der Waals surface area contributed by atoms with Crippen molar-refractivity contribution in [3.8, 4) is 0 Å². The van der Waals surface area contributed by atoms with Crippen molar-refractivity contribution < 1.29 is 4.79 Å².